The molecule has 0 aromatic heterocycles. The Labute approximate surface area is 78.8 Å². The van der Waals surface area contributed by atoms with Gasteiger partial charge in [-0.2, -0.15) is 0 Å². The van der Waals surface area contributed by atoms with Gasteiger partial charge in [0.05, 0.1) is 19.1 Å². The maximum Gasteiger partial charge on any atom is 0.311 e. The van der Waals surface area contributed by atoms with Gasteiger partial charge in [0.25, 0.3) is 0 Å². The molecule has 0 heterocycles. The molecule has 0 aliphatic rings. The molecule has 0 aliphatic carbocycles. The van der Waals surface area contributed by atoms with E-state index in [0.29, 0.717) is 0 Å². The summed E-state index contributed by atoms with van der Waals surface area (Å²) in [7, 11) is 2.79. The Bertz CT molecular complexity index is 176. The molecular formula is C9H18O4. The van der Waals surface area contributed by atoms with Crippen LogP contribution in [0.4, 0.5) is 0 Å². The summed E-state index contributed by atoms with van der Waals surface area (Å²) in [6.07, 6.45) is -0.415. The van der Waals surface area contributed by atoms with Crippen LogP contribution in [0.25, 0.3) is 0 Å². The summed E-state index contributed by atoms with van der Waals surface area (Å²) in [5, 5.41) is 9.93. The molecule has 3 atom stereocenters. The smallest absolute Gasteiger partial charge is 0.311 e. The first-order valence-electron chi connectivity index (χ1n) is 4.20. The van der Waals surface area contributed by atoms with Gasteiger partial charge in [0.15, 0.2) is 0 Å². The van der Waals surface area contributed by atoms with Crippen LogP contribution >= 0.6 is 0 Å². The molecule has 1 N–H and O–H groups in total. The average Bonchev–Trinajstić information content (AvgIpc) is 2.13. The van der Waals surface area contributed by atoms with Gasteiger partial charge in [-0.15, -0.1) is 0 Å². The van der Waals surface area contributed by atoms with E-state index in [9.17, 15) is 9.90 Å². The number of esters is 1. The van der Waals surface area contributed by atoms with Gasteiger partial charge in [-0.3, -0.25) is 4.79 Å². The van der Waals surface area contributed by atoms with Crippen LogP contribution < -0.4 is 0 Å². The Morgan fingerprint density at radius 2 is 1.85 bits per heavy atom. The Hall–Kier alpha value is -0.610. The fourth-order valence-electron chi connectivity index (χ4n) is 1.01. The largest absolute Gasteiger partial charge is 0.469 e. The number of hydrogen-bond donors (Lipinski definition) is 1. The molecule has 0 spiro atoms. The maximum atomic E-state index is 11.1. The van der Waals surface area contributed by atoms with Crippen molar-refractivity contribution in [2.75, 3.05) is 14.2 Å². The topological polar surface area (TPSA) is 55.8 Å². The molecular weight excluding hydrogens is 172 g/mol. The number of methoxy groups -OCH3 is 2. The molecule has 0 fully saturated rings. The second kappa shape index (κ2) is 4.58. The first-order chi connectivity index (χ1) is 5.87. The standard InChI is InChI=1S/C9H18O4/c1-6(8(10)13-5)9(3,11)7(2)12-4/h6-7,11H,1-5H3. The van der Waals surface area contributed by atoms with Crippen LogP contribution in [-0.4, -0.2) is 37.0 Å². The molecule has 0 saturated carbocycles. The molecule has 13 heavy (non-hydrogen) atoms. The van der Waals surface area contributed by atoms with E-state index in [-0.39, 0.29) is 0 Å². The van der Waals surface area contributed by atoms with Crippen LogP contribution in [0.1, 0.15) is 20.8 Å². The molecule has 0 aromatic rings. The van der Waals surface area contributed by atoms with E-state index < -0.39 is 23.6 Å². The molecule has 0 radical (unpaired) electrons. The molecule has 3 unspecified atom stereocenters. The summed E-state index contributed by atoms with van der Waals surface area (Å²) in [6.45, 7) is 4.88. The lowest BCUT2D eigenvalue weighted by molar-refractivity contribution is -0.163. The molecule has 0 bridgehead atoms. The fraction of sp³-hybridized carbons (Fsp3) is 0.889. The quantitative estimate of drug-likeness (QED) is 0.659. The van der Waals surface area contributed by atoms with Gasteiger partial charge in [-0.25, -0.2) is 0 Å². The van der Waals surface area contributed by atoms with E-state index in [4.69, 9.17) is 4.74 Å². The average molecular weight is 190 g/mol. The Morgan fingerprint density at radius 1 is 1.38 bits per heavy atom. The SMILES string of the molecule is COC(=O)C(C)C(C)(O)C(C)OC. The Kier molecular flexibility index (Phi) is 4.36. The minimum Gasteiger partial charge on any atom is -0.469 e. The number of ether oxygens (including phenoxy) is 2. The van der Waals surface area contributed by atoms with Gasteiger partial charge < -0.3 is 14.6 Å². The highest BCUT2D eigenvalue weighted by Gasteiger charge is 2.39. The van der Waals surface area contributed by atoms with Crippen molar-refractivity contribution in [3.05, 3.63) is 0 Å². The zero-order valence-electron chi connectivity index (χ0n) is 8.83. The molecule has 0 aliphatic heterocycles. The van der Waals surface area contributed by atoms with Crippen LogP contribution in [0.15, 0.2) is 0 Å². The predicted molar refractivity (Wildman–Crippen MR) is 48.3 cm³/mol. The van der Waals surface area contributed by atoms with Crippen LogP contribution in [0, 0.1) is 5.92 Å². The summed E-state index contributed by atoms with van der Waals surface area (Å²) >= 11 is 0. The van der Waals surface area contributed by atoms with E-state index in [1.165, 1.54) is 14.2 Å². The zero-order valence-corrected chi connectivity index (χ0v) is 8.83. The van der Waals surface area contributed by atoms with Crippen molar-refractivity contribution in [2.45, 2.75) is 32.5 Å². The van der Waals surface area contributed by atoms with Crippen molar-refractivity contribution in [3.8, 4) is 0 Å². The van der Waals surface area contributed by atoms with E-state index >= 15 is 0 Å². The van der Waals surface area contributed by atoms with Crippen LogP contribution in [0.3, 0.4) is 0 Å². The number of carbonyl (C=O) groups is 1. The molecule has 4 heteroatoms. The monoisotopic (exact) mass is 190 g/mol. The van der Waals surface area contributed by atoms with Crippen LogP contribution in [-0.2, 0) is 14.3 Å². The Morgan fingerprint density at radius 3 is 2.15 bits per heavy atom. The fourth-order valence-corrected chi connectivity index (χ4v) is 1.01. The summed E-state index contributed by atoms with van der Waals surface area (Å²) < 4.78 is 9.51. The summed E-state index contributed by atoms with van der Waals surface area (Å²) in [6, 6.07) is 0. The molecule has 0 amide bonds. The highest BCUT2D eigenvalue weighted by Crippen LogP contribution is 2.23. The number of rotatable bonds is 4. The van der Waals surface area contributed by atoms with Crippen molar-refractivity contribution in [1.82, 2.24) is 0 Å². The summed E-state index contributed by atoms with van der Waals surface area (Å²) in [5.41, 5.74) is -1.21. The van der Waals surface area contributed by atoms with Crippen molar-refractivity contribution in [3.63, 3.8) is 0 Å². The van der Waals surface area contributed by atoms with E-state index in [1.54, 1.807) is 20.8 Å². The third-order valence-electron chi connectivity index (χ3n) is 2.61. The summed E-state index contributed by atoms with van der Waals surface area (Å²) in [5.74, 6) is -1.04. The van der Waals surface area contributed by atoms with Crippen molar-refractivity contribution in [1.29, 1.82) is 0 Å². The molecule has 4 nitrogen and oxygen atoms in total. The van der Waals surface area contributed by atoms with E-state index in [2.05, 4.69) is 4.74 Å². The van der Waals surface area contributed by atoms with E-state index in [1.807, 2.05) is 0 Å². The Balaban J connectivity index is 4.52. The van der Waals surface area contributed by atoms with Crippen molar-refractivity contribution in [2.24, 2.45) is 5.92 Å². The third-order valence-corrected chi connectivity index (χ3v) is 2.61. The predicted octanol–water partition coefficient (Wildman–Crippen LogP) is 0.581. The van der Waals surface area contributed by atoms with Crippen LogP contribution in [0.2, 0.25) is 0 Å². The second-order valence-corrected chi connectivity index (χ2v) is 3.35. The second-order valence-electron chi connectivity index (χ2n) is 3.35. The van der Waals surface area contributed by atoms with Crippen molar-refractivity contribution >= 4 is 5.97 Å². The summed E-state index contributed by atoms with van der Waals surface area (Å²) in [4.78, 5) is 11.1. The number of hydrogen-bond acceptors (Lipinski definition) is 4. The molecule has 0 rings (SSSR count). The van der Waals surface area contributed by atoms with Gasteiger partial charge in [-0.1, -0.05) is 0 Å². The lowest BCUT2D eigenvalue weighted by Gasteiger charge is -2.33. The van der Waals surface area contributed by atoms with Gasteiger partial charge >= 0.3 is 5.97 Å². The first kappa shape index (κ1) is 12.4. The lowest BCUT2D eigenvalue weighted by Crippen LogP contribution is -2.47. The normalized spacial score (nSPS) is 20.2. The molecule has 0 aromatic carbocycles. The highest BCUT2D eigenvalue weighted by molar-refractivity contribution is 5.73. The zero-order chi connectivity index (χ0) is 10.6. The van der Waals surface area contributed by atoms with Gasteiger partial charge in [0.1, 0.15) is 5.60 Å². The lowest BCUT2D eigenvalue weighted by atomic mass is 9.86. The minimum absolute atomic E-state index is 0.415. The van der Waals surface area contributed by atoms with Crippen LogP contribution in [0.5, 0.6) is 0 Å². The number of carbonyl (C=O) groups excluding carboxylic acids is 1. The van der Waals surface area contributed by atoms with E-state index in [0.717, 1.165) is 0 Å². The molecule has 0 saturated heterocycles. The highest BCUT2D eigenvalue weighted by atomic mass is 16.5. The minimum atomic E-state index is -1.21. The van der Waals surface area contributed by atoms with Gasteiger partial charge in [-0.05, 0) is 20.8 Å². The maximum absolute atomic E-state index is 11.1. The third kappa shape index (κ3) is 2.67. The van der Waals surface area contributed by atoms with Gasteiger partial charge in [0, 0.05) is 7.11 Å². The van der Waals surface area contributed by atoms with Crippen molar-refractivity contribution < 1.29 is 19.4 Å². The first-order valence-corrected chi connectivity index (χ1v) is 4.20. The number of aliphatic hydroxyl groups is 1. The van der Waals surface area contributed by atoms with Gasteiger partial charge in [0.2, 0.25) is 0 Å². The molecule has 78 valence electrons.